The Bertz CT molecular complexity index is 474. The van der Waals surface area contributed by atoms with E-state index in [0.717, 1.165) is 0 Å². The monoisotopic (exact) mass is 266 g/mol. The van der Waals surface area contributed by atoms with Gasteiger partial charge in [0.2, 0.25) is 0 Å². The fourth-order valence-corrected chi connectivity index (χ4v) is 1.86. The number of β-amino-alcohol motifs (C(OH)–C–C–N with tert-alkyl or cyclic N) is 1. The molecule has 0 radical (unpaired) electrons. The van der Waals surface area contributed by atoms with Gasteiger partial charge in [-0.1, -0.05) is 0 Å². The Morgan fingerprint density at radius 2 is 2.16 bits per heavy atom. The lowest BCUT2D eigenvalue weighted by atomic mass is 10.2. The number of benzene rings is 1. The molecule has 0 saturated carbocycles. The topological polar surface area (TPSA) is 92.9 Å². The molecule has 1 aromatic carbocycles. The first kappa shape index (κ1) is 13.3. The predicted octanol–water partition coefficient (Wildman–Crippen LogP) is 1.30. The third-order valence-electron chi connectivity index (χ3n) is 2.93. The third-order valence-corrected chi connectivity index (χ3v) is 2.93. The molecule has 0 bridgehead atoms. The Kier molecular flexibility index (Phi) is 3.96. The van der Waals surface area contributed by atoms with E-state index in [0.29, 0.717) is 25.1 Å². The van der Waals surface area contributed by atoms with Crippen molar-refractivity contribution >= 4 is 11.8 Å². The number of hydrogen-bond donors (Lipinski definition) is 1. The second-order valence-corrected chi connectivity index (χ2v) is 4.37. The molecule has 1 atom stereocenters. The van der Waals surface area contributed by atoms with Gasteiger partial charge < -0.3 is 14.7 Å². The summed E-state index contributed by atoms with van der Waals surface area (Å²) in [6.07, 6.45) is -0.395. The molecule has 19 heavy (non-hydrogen) atoms. The summed E-state index contributed by atoms with van der Waals surface area (Å²) in [4.78, 5) is 23.1. The number of nitro groups is 1. The van der Waals surface area contributed by atoms with Crippen LogP contribution in [0.3, 0.4) is 0 Å². The van der Waals surface area contributed by atoms with Crippen LogP contribution in [0.4, 0.5) is 10.5 Å². The van der Waals surface area contributed by atoms with Crippen molar-refractivity contribution in [2.75, 3.05) is 13.1 Å². The summed E-state index contributed by atoms with van der Waals surface area (Å²) >= 11 is 0. The summed E-state index contributed by atoms with van der Waals surface area (Å²) in [6.45, 7) is 0.836. The minimum Gasteiger partial charge on any atom is -0.445 e. The molecule has 1 saturated heterocycles. The van der Waals surface area contributed by atoms with Crippen molar-refractivity contribution in [2.45, 2.75) is 19.1 Å². The summed E-state index contributed by atoms with van der Waals surface area (Å²) in [5, 5.41) is 19.8. The highest BCUT2D eigenvalue weighted by Crippen LogP contribution is 2.14. The highest BCUT2D eigenvalue weighted by molar-refractivity contribution is 5.68. The van der Waals surface area contributed by atoms with Crippen LogP contribution in [-0.4, -0.2) is 40.2 Å². The van der Waals surface area contributed by atoms with Crippen LogP contribution in [0.25, 0.3) is 0 Å². The number of carbonyl (C=O) groups is 1. The van der Waals surface area contributed by atoms with E-state index in [1.807, 2.05) is 0 Å². The first-order valence-electron chi connectivity index (χ1n) is 5.89. The molecule has 0 spiro atoms. The van der Waals surface area contributed by atoms with E-state index in [2.05, 4.69) is 0 Å². The van der Waals surface area contributed by atoms with Crippen LogP contribution in [-0.2, 0) is 11.3 Å². The highest BCUT2D eigenvalue weighted by Gasteiger charge is 2.25. The fourth-order valence-electron chi connectivity index (χ4n) is 1.86. The first-order valence-corrected chi connectivity index (χ1v) is 5.89. The average molecular weight is 266 g/mol. The molecule has 0 aromatic heterocycles. The standard InChI is InChI=1S/C12H14N2O5/c15-11-5-6-13(7-11)12(16)19-8-9-1-3-10(4-2-9)14(17)18/h1-4,11,15H,5-8H2/t11-/m1/s1. The number of aliphatic hydroxyl groups is 1. The average Bonchev–Trinajstić information content (AvgIpc) is 2.83. The Balaban J connectivity index is 1.85. The molecule has 1 aliphatic heterocycles. The molecule has 1 heterocycles. The Morgan fingerprint density at radius 1 is 1.47 bits per heavy atom. The lowest BCUT2D eigenvalue weighted by molar-refractivity contribution is -0.384. The molecule has 1 fully saturated rings. The van der Waals surface area contributed by atoms with Crippen molar-refractivity contribution in [3.05, 3.63) is 39.9 Å². The van der Waals surface area contributed by atoms with E-state index in [9.17, 15) is 20.0 Å². The van der Waals surface area contributed by atoms with E-state index >= 15 is 0 Å². The molecule has 0 aliphatic carbocycles. The molecular formula is C12H14N2O5. The number of likely N-dealkylation sites (tertiary alicyclic amines) is 1. The molecule has 1 amide bonds. The van der Waals surface area contributed by atoms with E-state index in [4.69, 9.17) is 4.74 Å². The number of carbonyl (C=O) groups excluding carboxylic acids is 1. The van der Waals surface area contributed by atoms with E-state index in [-0.39, 0.29) is 12.3 Å². The van der Waals surface area contributed by atoms with Gasteiger partial charge in [-0.15, -0.1) is 0 Å². The predicted molar refractivity (Wildman–Crippen MR) is 65.5 cm³/mol. The second-order valence-electron chi connectivity index (χ2n) is 4.37. The highest BCUT2D eigenvalue weighted by atomic mass is 16.6. The first-order chi connectivity index (χ1) is 9.06. The van der Waals surface area contributed by atoms with E-state index in [1.54, 1.807) is 12.1 Å². The lowest BCUT2D eigenvalue weighted by Gasteiger charge is -2.15. The fraction of sp³-hybridized carbons (Fsp3) is 0.417. The van der Waals surface area contributed by atoms with Crippen molar-refractivity contribution in [1.82, 2.24) is 4.90 Å². The van der Waals surface area contributed by atoms with Crippen LogP contribution in [0.1, 0.15) is 12.0 Å². The van der Waals surface area contributed by atoms with Crippen molar-refractivity contribution < 1.29 is 19.6 Å². The summed E-state index contributed by atoms with van der Waals surface area (Å²) in [5.41, 5.74) is 0.677. The normalized spacial score (nSPS) is 18.4. The SMILES string of the molecule is O=C(OCc1ccc([N+](=O)[O-])cc1)N1CC[C@@H](O)C1. The number of ether oxygens (including phenoxy) is 1. The Labute approximate surface area is 109 Å². The maximum atomic E-state index is 11.6. The van der Waals surface area contributed by atoms with Gasteiger partial charge in [0.05, 0.1) is 11.0 Å². The summed E-state index contributed by atoms with van der Waals surface area (Å²) in [7, 11) is 0. The molecule has 1 aliphatic rings. The van der Waals surface area contributed by atoms with Gasteiger partial charge in [-0.2, -0.15) is 0 Å². The maximum absolute atomic E-state index is 11.6. The number of nitro benzene ring substituents is 1. The third kappa shape index (κ3) is 3.41. The van der Waals surface area contributed by atoms with E-state index < -0.39 is 17.1 Å². The van der Waals surface area contributed by atoms with Crippen molar-refractivity contribution in [3.63, 3.8) is 0 Å². The minimum absolute atomic E-state index is 0.00209. The smallest absolute Gasteiger partial charge is 0.410 e. The molecule has 7 nitrogen and oxygen atoms in total. The van der Waals surface area contributed by atoms with Crippen LogP contribution in [0.5, 0.6) is 0 Å². The van der Waals surface area contributed by atoms with Gasteiger partial charge in [0.25, 0.3) is 5.69 Å². The molecule has 7 heteroatoms. The summed E-state index contributed by atoms with van der Waals surface area (Å²) in [5.74, 6) is 0. The van der Waals surface area contributed by atoms with Crippen molar-refractivity contribution in [2.24, 2.45) is 0 Å². The van der Waals surface area contributed by atoms with Crippen LogP contribution >= 0.6 is 0 Å². The lowest BCUT2D eigenvalue weighted by Crippen LogP contribution is -2.30. The molecule has 1 N–H and O–H groups in total. The summed E-state index contributed by atoms with van der Waals surface area (Å²) in [6, 6.07) is 5.82. The number of non-ortho nitro benzene ring substituents is 1. The second kappa shape index (κ2) is 5.66. The van der Waals surface area contributed by atoms with Gasteiger partial charge in [-0.3, -0.25) is 10.1 Å². The van der Waals surface area contributed by atoms with Gasteiger partial charge in [0.1, 0.15) is 6.61 Å². The van der Waals surface area contributed by atoms with Gasteiger partial charge >= 0.3 is 6.09 Å². The van der Waals surface area contributed by atoms with Crippen LogP contribution in [0.15, 0.2) is 24.3 Å². The van der Waals surface area contributed by atoms with Gasteiger partial charge in [-0.05, 0) is 24.1 Å². The summed E-state index contributed by atoms with van der Waals surface area (Å²) < 4.78 is 5.07. The molecule has 0 unspecified atom stereocenters. The van der Waals surface area contributed by atoms with Crippen molar-refractivity contribution in [3.8, 4) is 0 Å². The zero-order valence-electron chi connectivity index (χ0n) is 10.2. The maximum Gasteiger partial charge on any atom is 0.410 e. The number of amides is 1. The van der Waals surface area contributed by atoms with Crippen molar-refractivity contribution in [1.29, 1.82) is 0 Å². The Morgan fingerprint density at radius 3 is 2.68 bits per heavy atom. The molecule has 1 aromatic rings. The number of aliphatic hydroxyl groups excluding tert-OH is 1. The largest absolute Gasteiger partial charge is 0.445 e. The van der Waals surface area contributed by atoms with Crippen LogP contribution in [0, 0.1) is 10.1 Å². The van der Waals surface area contributed by atoms with Gasteiger partial charge in [0.15, 0.2) is 0 Å². The number of nitrogens with zero attached hydrogens (tertiary/aromatic N) is 2. The number of rotatable bonds is 3. The quantitative estimate of drug-likeness (QED) is 0.657. The van der Waals surface area contributed by atoms with Gasteiger partial charge in [-0.25, -0.2) is 4.79 Å². The molecule has 102 valence electrons. The van der Waals surface area contributed by atoms with Crippen LogP contribution in [0.2, 0.25) is 0 Å². The minimum atomic E-state index is -0.485. The zero-order valence-corrected chi connectivity index (χ0v) is 10.2. The van der Waals surface area contributed by atoms with Gasteiger partial charge in [0, 0.05) is 25.2 Å². The zero-order chi connectivity index (χ0) is 13.8. The number of hydrogen-bond acceptors (Lipinski definition) is 5. The molecular weight excluding hydrogens is 252 g/mol. The Hall–Kier alpha value is -2.15. The van der Waals surface area contributed by atoms with E-state index in [1.165, 1.54) is 17.0 Å². The molecule has 2 rings (SSSR count). The van der Waals surface area contributed by atoms with Crippen LogP contribution < -0.4 is 0 Å².